The summed E-state index contributed by atoms with van der Waals surface area (Å²) in [6, 6.07) is 3.39. The second-order valence-corrected chi connectivity index (χ2v) is 5.84. The molecule has 0 amide bonds. The van der Waals surface area contributed by atoms with Crippen molar-refractivity contribution in [2.75, 3.05) is 25.4 Å². The van der Waals surface area contributed by atoms with E-state index in [4.69, 9.17) is 15.9 Å². The minimum atomic E-state index is -3.91. The molecule has 0 heterocycles. The summed E-state index contributed by atoms with van der Waals surface area (Å²) in [5.41, 5.74) is 5.36. The van der Waals surface area contributed by atoms with Gasteiger partial charge >= 0.3 is 5.97 Å². The van der Waals surface area contributed by atoms with E-state index in [-0.39, 0.29) is 35.8 Å². The van der Waals surface area contributed by atoms with Gasteiger partial charge in [0.15, 0.2) is 0 Å². The van der Waals surface area contributed by atoms with E-state index in [0.717, 1.165) is 22.5 Å². The average Bonchev–Trinajstić information content (AvgIpc) is 2.37. The SMILES string of the molecule is C=CCN(CCO)S(=O)(=O)c1ccc(C(=O)O)cc1N. The zero-order valence-corrected chi connectivity index (χ0v) is 11.5. The van der Waals surface area contributed by atoms with Crippen LogP contribution in [0.15, 0.2) is 35.7 Å². The van der Waals surface area contributed by atoms with Crippen LogP contribution >= 0.6 is 0 Å². The number of rotatable bonds is 7. The lowest BCUT2D eigenvalue weighted by molar-refractivity contribution is 0.0697. The van der Waals surface area contributed by atoms with Crippen molar-refractivity contribution in [1.82, 2.24) is 4.31 Å². The average molecular weight is 300 g/mol. The molecule has 0 aliphatic heterocycles. The third-order valence-corrected chi connectivity index (χ3v) is 4.50. The Hall–Kier alpha value is -1.90. The number of aliphatic hydroxyl groups is 1. The van der Waals surface area contributed by atoms with Crippen LogP contribution in [0.5, 0.6) is 0 Å². The fourth-order valence-corrected chi connectivity index (χ4v) is 3.12. The Morgan fingerprint density at radius 1 is 1.45 bits per heavy atom. The Morgan fingerprint density at radius 2 is 2.10 bits per heavy atom. The van der Waals surface area contributed by atoms with Crippen LogP contribution in [-0.2, 0) is 10.0 Å². The fourth-order valence-electron chi connectivity index (χ4n) is 1.62. The Balaban J connectivity index is 3.26. The highest BCUT2D eigenvalue weighted by molar-refractivity contribution is 7.89. The normalized spacial score (nSPS) is 11.5. The number of aromatic carboxylic acids is 1. The number of nitrogens with two attached hydrogens (primary N) is 1. The first-order valence-corrected chi connectivity index (χ1v) is 7.13. The van der Waals surface area contributed by atoms with Crippen LogP contribution in [0.4, 0.5) is 5.69 Å². The largest absolute Gasteiger partial charge is 0.478 e. The first kappa shape index (κ1) is 16.2. The van der Waals surface area contributed by atoms with Gasteiger partial charge in [-0.15, -0.1) is 6.58 Å². The smallest absolute Gasteiger partial charge is 0.335 e. The Labute approximate surface area is 117 Å². The number of sulfonamides is 1. The van der Waals surface area contributed by atoms with E-state index in [1.165, 1.54) is 6.08 Å². The minimum Gasteiger partial charge on any atom is -0.478 e. The molecule has 110 valence electrons. The Bertz CT molecular complexity index is 612. The fraction of sp³-hybridized carbons (Fsp3) is 0.250. The molecule has 0 aromatic heterocycles. The lowest BCUT2D eigenvalue weighted by atomic mass is 10.2. The lowest BCUT2D eigenvalue weighted by Gasteiger charge is -2.20. The van der Waals surface area contributed by atoms with Gasteiger partial charge in [0.2, 0.25) is 10.0 Å². The van der Waals surface area contributed by atoms with E-state index in [1.54, 1.807) is 0 Å². The number of carboxylic acid groups (broad SMARTS) is 1. The van der Waals surface area contributed by atoms with E-state index < -0.39 is 16.0 Å². The first-order chi connectivity index (χ1) is 9.34. The van der Waals surface area contributed by atoms with Gasteiger partial charge in [-0.25, -0.2) is 13.2 Å². The van der Waals surface area contributed by atoms with Gasteiger partial charge < -0.3 is 15.9 Å². The molecule has 0 atom stereocenters. The molecule has 0 saturated carbocycles. The van der Waals surface area contributed by atoms with Crippen molar-refractivity contribution in [2.45, 2.75) is 4.90 Å². The zero-order chi connectivity index (χ0) is 15.3. The molecule has 1 aromatic rings. The number of carbonyl (C=O) groups is 1. The van der Waals surface area contributed by atoms with E-state index in [0.29, 0.717) is 0 Å². The highest BCUT2D eigenvalue weighted by Gasteiger charge is 2.25. The molecule has 0 unspecified atom stereocenters. The maximum Gasteiger partial charge on any atom is 0.335 e. The number of aliphatic hydroxyl groups excluding tert-OH is 1. The molecule has 0 aliphatic carbocycles. The molecule has 0 bridgehead atoms. The van der Waals surface area contributed by atoms with Crippen molar-refractivity contribution in [3.05, 3.63) is 36.4 Å². The molecule has 0 spiro atoms. The zero-order valence-electron chi connectivity index (χ0n) is 10.7. The van der Waals surface area contributed by atoms with Crippen LogP contribution in [0, 0.1) is 0 Å². The van der Waals surface area contributed by atoms with Crippen LogP contribution in [-0.4, -0.2) is 48.6 Å². The molecule has 20 heavy (non-hydrogen) atoms. The number of benzene rings is 1. The second-order valence-electron chi connectivity index (χ2n) is 3.93. The Morgan fingerprint density at radius 3 is 2.55 bits per heavy atom. The summed E-state index contributed by atoms with van der Waals surface area (Å²) in [6.07, 6.45) is 1.38. The predicted molar refractivity (Wildman–Crippen MR) is 73.9 cm³/mol. The number of anilines is 1. The van der Waals surface area contributed by atoms with Crippen molar-refractivity contribution in [2.24, 2.45) is 0 Å². The molecule has 1 rings (SSSR count). The van der Waals surface area contributed by atoms with Crippen molar-refractivity contribution < 1.29 is 23.4 Å². The number of nitrogens with zero attached hydrogens (tertiary/aromatic N) is 1. The summed E-state index contributed by atoms with van der Waals surface area (Å²) in [5.74, 6) is -1.20. The molecule has 0 aliphatic rings. The summed E-state index contributed by atoms with van der Waals surface area (Å²) in [5, 5.41) is 17.7. The second kappa shape index (κ2) is 6.51. The van der Waals surface area contributed by atoms with Gasteiger partial charge in [0.25, 0.3) is 0 Å². The van der Waals surface area contributed by atoms with Gasteiger partial charge in [-0.05, 0) is 18.2 Å². The van der Waals surface area contributed by atoms with Crippen LogP contribution < -0.4 is 5.73 Å². The summed E-state index contributed by atoms with van der Waals surface area (Å²) in [7, 11) is -3.91. The van der Waals surface area contributed by atoms with Gasteiger partial charge in [-0.3, -0.25) is 0 Å². The summed E-state index contributed by atoms with van der Waals surface area (Å²) >= 11 is 0. The maximum absolute atomic E-state index is 12.4. The molecule has 0 fully saturated rings. The quantitative estimate of drug-likeness (QED) is 0.486. The number of hydrogen-bond donors (Lipinski definition) is 3. The van der Waals surface area contributed by atoms with Crippen molar-refractivity contribution >= 4 is 21.7 Å². The summed E-state index contributed by atoms with van der Waals surface area (Å²) in [4.78, 5) is 10.6. The number of hydrogen-bond acceptors (Lipinski definition) is 5. The number of carboxylic acids is 1. The molecular weight excluding hydrogens is 284 g/mol. The highest BCUT2D eigenvalue weighted by Crippen LogP contribution is 2.23. The third kappa shape index (κ3) is 3.35. The Kier molecular flexibility index (Phi) is 5.26. The van der Waals surface area contributed by atoms with Gasteiger partial charge in [-0.1, -0.05) is 6.08 Å². The van der Waals surface area contributed by atoms with Crippen LogP contribution in [0.2, 0.25) is 0 Å². The first-order valence-electron chi connectivity index (χ1n) is 5.69. The number of nitrogen functional groups attached to an aromatic ring is 1. The molecule has 1 aromatic carbocycles. The van der Waals surface area contributed by atoms with E-state index in [2.05, 4.69) is 6.58 Å². The third-order valence-electron chi connectivity index (χ3n) is 2.56. The monoisotopic (exact) mass is 300 g/mol. The van der Waals surface area contributed by atoms with Crippen molar-refractivity contribution in [3.8, 4) is 0 Å². The summed E-state index contributed by atoms with van der Waals surface area (Å²) < 4.78 is 25.7. The van der Waals surface area contributed by atoms with Gasteiger partial charge in [-0.2, -0.15) is 4.31 Å². The van der Waals surface area contributed by atoms with Gasteiger partial charge in [0, 0.05) is 13.1 Å². The van der Waals surface area contributed by atoms with Gasteiger partial charge in [0.05, 0.1) is 17.9 Å². The minimum absolute atomic E-state index is 0.0169. The maximum atomic E-state index is 12.4. The molecule has 0 radical (unpaired) electrons. The van der Waals surface area contributed by atoms with E-state index in [1.807, 2.05) is 0 Å². The van der Waals surface area contributed by atoms with Gasteiger partial charge in [0.1, 0.15) is 4.90 Å². The molecular formula is C12H16N2O5S. The van der Waals surface area contributed by atoms with Crippen molar-refractivity contribution in [1.29, 1.82) is 0 Å². The van der Waals surface area contributed by atoms with E-state index in [9.17, 15) is 13.2 Å². The standard InChI is InChI=1S/C12H16N2O5S/c1-2-5-14(6-7-15)20(18,19)11-4-3-9(12(16)17)8-10(11)13/h2-4,8,15H,1,5-7,13H2,(H,16,17). The molecule has 4 N–H and O–H groups in total. The van der Waals surface area contributed by atoms with Crippen molar-refractivity contribution in [3.63, 3.8) is 0 Å². The van der Waals surface area contributed by atoms with Crippen LogP contribution in [0.25, 0.3) is 0 Å². The summed E-state index contributed by atoms with van der Waals surface area (Å²) in [6.45, 7) is 3.02. The molecule has 7 nitrogen and oxygen atoms in total. The van der Waals surface area contributed by atoms with E-state index >= 15 is 0 Å². The lowest BCUT2D eigenvalue weighted by Crippen LogP contribution is -2.34. The van der Waals surface area contributed by atoms with Crippen LogP contribution in [0.1, 0.15) is 10.4 Å². The topological polar surface area (TPSA) is 121 Å². The highest BCUT2D eigenvalue weighted by atomic mass is 32.2. The predicted octanol–water partition coefficient (Wildman–Crippen LogP) is 0.136. The van der Waals surface area contributed by atoms with Crippen LogP contribution in [0.3, 0.4) is 0 Å². The molecule has 0 saturated heterocycles. The molecule has 8 heteroatoms.